The summed E-state index contributed by atoms with van der Waals surface area (Å²) in [6, 6.07) is 12.1. The fourth-order valence-electron chi connectivity index (χ4n) is 1.56. The average Bonchev–Trinajstić information content (AvgIpc) is 2.39. The molecule has 0 heterocycles. The van der Waals surface area contributed by atoms with E-state index in [1.807, 2.05) is 24.3 Å². The van der Waals surface area contributed by atoms with Crippen LogP contribution < -0.4 is 10.5 Å². The molecule has 0 saturated heterocycles. The summed E-state index contributed by atoms with van der Waals surface area (Å²) < 4.78 is 6.42. The van der Waals surface area contributed by atoms with Gasteiger partial charge in [-0.05, 0) is 39.7 Å². The zero-order valence-corrected chi connectivity index (χ0v) is 11.5. The third-order valence-corrected chi connectivity index (χ3v) is 3.18. The Morgan fingerprint density at radius 1 is 1.26 bits per heavy atom. The molecule has 0 saturated carbocycles. The first-order valence-electron chi connectivity index (χ1n) is 5.48. The number of para-hydroxylation sites is 1. The Labute approximate surface area is 118 Å². The van der Waals surface area contributed by atoms with E-state index in [-0.39, 0.29) is 18.0 Å². The number of anilines is 1. The fourth-order valence-corrected chi connectivity index (χ4v) is 1.96. The first kappa shape index (κ1) is 13.4. The highest BCUT2D eigenvalue weighted by Gasteiger charge is 2.12. The first-order valence-corrected chi connectivity index (χ1v) is 6.27. The van der Waals surface area contributed by atoms with Crippen LogP contribution in [0.1, 0.15) is 5.56 Å². The van der Waals surface area contributed by atoms with Gasteiger partial charge in [-0.15, -0.1) is 0 Å². The quantitative estimate of drug-likeness (QED) is 0.530. The molecule has 98 valence electrons. The molecule has 0 aliphatic heterocycles. The topological polar surface area (TPSA) is 78.4 Å². The summed E-state index contributed by atoms with van der Waals surface area (Å²) in [6.45, 7) is 0.240. The highest BCUT2D eigenvalue weighted by molar-refractivity contribution is 9.10. The summed E-state index contributed by atoms with van der Waals surface area (Å²) >= 11 is 3.37. The molecule has 0 fully saturated rings. The van der Waals surface area contributed by atoms with Gasteiger partial charge < -0.3 is 10.5 Å². The van der Waals surface area contributed by atoms with Crippen molar-refractivity contribution in [2.75, 3.05) is 5.73 Å². The van der Waals surface area contributed by atoms with Crippen molar-refractivity contribution >= 4 is 27.3 Å². The minimum atomic E-state index is -0.503. The number of nitrogens with two attached hydrogens (primary N) is 1. The largest absolute Gasteiger partial charge is 0.488 e. The SMILES string of the molecule is Nc1ccc(COc2ccccc2Br)cc1[N+](=O)[O-]. The maximum atomic E-state index is 10.8. The lowest BCUT2D eigenvalue weighted by Crippen LogP contribution is -2.00. The van der Waals surface area contributed by atoms with Gasteiger partial charge in [0, 0.05) is 6.07 Å². The number of hydrogen-bond acceptors (Lipinski definition) is 4. The fraction of sp³-hybridized carbons (Fsp3) is 0.0769. The minimum absolute atomic E-state index is 0.103. The van der Waals surface area contributed by atoms with E-state index in [4.69, 9.17) is 10.5 Å². The van der Waals surface area contributed by atoms with Gasteiger partial charge in [-0.3, -0.25) is 10.1 Å². The molecule has 0 atom stereocenters. The highest BCUT2D eigenvalue weighted by Crippen LogP contribution is 2.26. The van der Waals surface area contributed by atoms with E-state index >= 15 is 0 Å². The maximum Gasteiger partial charge on any atom is 0.292 e. The second kappa shape index (κ2) is 5.71. The van der Waals surface area contributed by atoms with Crippen LogP contribution in [0, 0.1) is 10.1 Å². The van der Waals surface area contributed by atoms with Crippen LogP contribution in [-0.4, -0.2) is 4.92 Å². The van der Waals surface area contributed by atoms with Crippen molar-refractivity contribution in [2.24, 2.45) is 0 Å². The minimum Gasteiger partial charge on any atom is -0.488 e. The Kier molecular flexibility index (Phi) is 4.01. The van der Waals surface area contributed by atoms with Gasteiger partial charge in [0.25, 0.3) is 5.69 Å². The molecule has 2 aromatic rings. The summed E-state index contributed by atoms with van der Waals surface area (Å²) in [6.07, 6.45) is 0. The van der Waals surface area contributed by atoms with Gasteiger partial charge >= 0.3 is 0 Å². The van der Waals surface area contributed by atoms with E-state index in [1.165, 1.54) is 12.1 Å². The van der Waals surface area contributed by atoms with Gasteiger partial charge in [-0.25, -0.2) is 0 Å². The molecule has 6 heteroatoms. The van der Waals surface area contributed by atoms with Gasteiger partial charge in [0.15, 0.2) is 0 Å². The molecule has 0 bridgehead atoms. The Balaban J connectivity index is 2.14. The van der Waals surface area contributed by atoms with Crippen LogP contribution in [-0.2, 0) is 6.61 Å². The zero-order chi connectivity index (χ0) is 13.8. The molecule has 0 unspecified atom stereocenters. The van der Waals surface area contributed by atoms with Crippen LogP contribution >= 0.6 is 15.9 Å². The molecule has 2 rings (SSSR count). The monoisotopic (exact) mass is 322 g/mol. The van der Waals surface area contributed by atoms with Gasteiger partial charge in [-0.1, -0.05) is 18.2 Å². The van der Waals surface area contributed by atoms with Crippen LogP contribution in [0.25, 0.3) is 0 Å². The molecule has 2 N–H and O–H groups in total. The Morgan fingerprint density at radius 2 is 2.00 bits per heavy atom. The molecular weight excluding hydrogens is 312 g/mol. The molecular formula is C13H11BrN2O3. The van der Waals surface area contributed by atoms with Crippen molar-refractivity contribution in [2.45, 2.75) is 6.61 Å². The van der Waals surface area contributed by atoms with Crippen LogP contribution in [0.2, 0.25) is 0 Å². The van der Waals surface area contributed by atoms with Crippen LogP contribution in [0.4, 0.5) is 11.4 Å². The predicted molar refractivity (Wildman–Crippen MR) is 76.0 cm³/mol. The van der Waals surface area contributed by atoms with E-state index in [2.05, 4.69) is 15.9 Å². The third kappa shape index (κ3) is 3.23. The van der Waals surface area contributed by atoms with E-state index in [9.17, 15) is 10.1 Å². The van der Waals surface area contributed by atoms with Crippen molar-refractivity contribution in [3.05, 3.63) is 62.6 Å². The number of nitro benzene ring substituents is 1. The lowest BCUT2D eigenvalue weighted by molar-refractivity contribution is -0.384. The van der Waals surface area contributed by atoms with E-state index < -0.39 is 4.92 Å². The van der Waals surface area contributed by atoms with Crippen molar-refractivity contribution < 1.29 is 9.66 Å². The number of nitro groups is 1. The number of ether oxygens (including phenoxy) is 1. The summed E-state index contributed by atoms with van der Waals surface area (Å²) in [7, 11) is 0. The van der Waals surface area contributed by atoms with Crippen molar-refractivity contribution in [3.8, 4) is 5.75 Å². The molecule has 0 aliphatic rings. The van der Waals surface area contributed by atoms with E-state index in [0.29, 0.717) is 11.3 Å². The molecule has 0 radical (unpaired) electrons. The maximum absolute atomic E-state index is 10.8. The summed E-state index contributed by atoms with van der Waals surface area (Å²) in [5, 5.41) is 10.8. The predicted octanol–water partition coefficient (Wildman–Crippen LogP) is 3.52. The molecule has 0 aromatic heterocycles. The van der Waals surface area contributed by atoms with Crippen molar-refractivity contribution in [3.63, 3.8) is 0 Å². The number of halogens is 1. The molecule has 5 nitrogen and oxygen atoms in total. The second-order valence-electron chi connectivity index (χ2n) is 3.87. The molecule has 0 spiro atoms. The first-order chi connectivity index (χ1) is 9.08. The highest BCUT2D eigenvalue weighted by atomic mass is 79.9. The summed E-state index contributed by atoms with van der Waals surface area (Å²) in [5.41, 5.74) is 6.27. The average molecular weight is 323 g/mol. The number of hydrogen-bond donors (Lipinski definition) is 1. The van der Waals surface area contributed by atoms with Gasteiger partial charge in [-0.2, -0.15) is 0 Å². The second-order valence-corrected chi connectivity index (χ2v) is 4.72. The Morgan fingerprint density at radius 3 is 2.68 bits per heavy atom. The number of nitrogen functional groups attached to an aromatic ring is 1. The molecule has 19 heavy (non-hydrogen) atoms. The summed E-state index contributed by atoms with van der Waals surface area (Å²) in [5.74, 6) is 0.682. The number of nitrogens with zero attached hydrogens (tertiary/aromatic N) is 1. The van der Waals surface area contributed by atoms with Crippen molar-refractivity contribution in [1.29, 1.82) is 0 Å². The molecule has 2 aromatic carbocycles. The van der Waals surface area contributed by atoms with Gasteiger partial charge in [0.05, 0.1) is 9.40 Å². The third-order valence-electron chi connectivity index (χ3n) is 2.52. The molecule has 0 amide bonds. The van der Waals surface area contributed by atoms with E-state index in [0.717, 1.165) is 4.47 Å². The Bertz CT molecular complexity index is 617. The van der Waals surface area contributed by atoms with Crippen LogP contribution in [0.5, 0.6) is 5.75 Å². The van der Waals surface area contributed by atoms with Crippen molar-refractivity contribution in [1.82, 2.24) is 0 Å². The smallest absolute Gasteiger partial charge is 0.292 e. The van der Waals surface area contributed by atoms with Gasteiger partial charge in [0.1, 0.15) is 18.0 Å². The van der Waals surface area contributed by atoms with Crippen LogP contribution in [0.3, 0.4) is 0 Å². The van der Waals surface area contributed by atoms with Gasteiger partial charge in [0.2, 0.25) is 0 Å². The molecule has 0 aliphatic carbocycles. The standard InChI is InChI=1S/C13H11BrN2O3/c14-10-3-1-2-4-13(10)19-8-9-5-6-11(15)12(7-9)16(17)18/h1-7H,8,15H2. The zero-order valence-electron chi connectivity index (χ0n) is 9.88. The number of rotatable bonds is 4. The number of benzene rings is 2. The lowest BCUT2D eigenvalue weighted by atomic mass is 10.2. The Hall–Kier alpha value is -2.08. The van der Waals surface area contributed by atoms with Crippen LogP contribution in [0.15, 0.2) is 46.9 Å². The summed E-state index contributed by atoms with van der Waals surface area (Å²) in [4.78, 5) is 10.3. The van der Waals surface area contributed by atoms with E-state index in [1.54, 1.807) is 6.07 Å². The normalized spacial score (nSPS) is 10.2. The lowest BCUT2D eigenvalue weighted by Gasteiger charge is -2.08.